The molecular formula is C5H10O4S2. The first-order valence-electron chi connectivity index (χ1n) is 3.15. The van der Waals surface area contributed by atoms with Crippen LogP contribution in [0.5, 0.6) is 0 Å². The van der Waals surface area contributed by atoms with Gasteiger partial charge in [0.2, 0.25) is 0 Å². The predicted octanol–water partition coefficient (Wildman–Crippen LogP) is -0.434. The van der Waals surface area contributed by atoms with Crippen LogP contribution in [0.15, 0.2) is 0 Å². The molecule has 6 heteroatoms. The van der Waals surface area contributed by atoms with Gasteiger partial charge >= 0.3 is 0 Å². The van der Waals surface area contributed by atoms with E-state index in [-0.39, 0.29) is 11.5 Å². The minimum absolute atomic E-state index is 0.234. The molecule has 0 unspecified atom stereocenters. The lowest BCUT2D eigenvalue weighted by Crippen LogP contribution is -2.33. The molecule has 0 aromatic heterocycles. The average molecular weight is 198 g/mol. The molecule has 0 atom stereocenters. The van der Waals surface area contributed by atoms with Crippen LogP contribution in [0.1, 0.15) is 13.8 Å². The van der Waals surface area contributed by atoms with Gasteiger partial charge in [-0.1, -0.05) is 0 Å². The molecule has 0 N–H and O–H groups in total. The molecular weight excluding hydrogens is 188 g/mol. The van der Waals surface area contributed by atoms with Gasteiger partial charge in [0.05, 0.1) is 11.5 Å². The molecule has 1 aliphatic rings. The summed E-state index contributed by atoms with van der Waals surface area (Å²) in [6, 6.07) is 0. The van der Waals surface area contributed by atoms with Gasteiger partial charge in [-0.15, -0.1) is 0 Å². The maximum atomic E-state index is 11.1. The molecule has 11 heavy (non-hydrogen) atoms. The second-order valence-electron chi connectivity index (χ2n) is 3.04. The van der Waals surface area contributed by atoms with Crippen LogP contribution in [0.2, 0.25) is 0 Å². The van der Waals surface area contributed by atoms with Crippen molar-refractivity contribution < 1.29 is 16.8 Å². The molecule has 0 saturated carbocycles. The highest BCUT2D eigenvalue weighted by Gasteiger charge is 2.52. The van der Waals surface area contributed by atoms with Gasteiger partial charge in [0.25, 0.3) is 0 Å². The van der Waals surface area contributed by atoms with Crippen LogP contribution in [0.4, 0.5) is 0 Å². The fourth-order valence-corrected chi connectivity index (χ4v) is 5.69. The van der Waals surface area contributed by atoms with Gasteiger partial charge in [0.15, 0.2) is 23.8 Å². The molecule has 0 aromatic carbocycles. The Balaban J connectivity index is 3.45. The van der Waals surface area contributed by atoms with Crippen molar-refractivity contribution in [3.8, 4) is 0 Å². The fraction of sp³-hybridized carbons (Fsp3) is 1.00. The lowest BCUT2D eigenvalue weighted by atomic mass is 10.5. The Bertz CT molecular complexity index is 323. The summed E-state index contributed by atoms with van der Waals surface area (Å²) < 4.78 is 42.9. The van der Waals surface area contributed by atoms with Crippen molar-refractivity contribution in [3.05, 3.63) is 0 Å². The van der Waals surface area contributed by atoms with Gasteiger partial charge in [-0.3, -0.25) is 0 Å². The Morgan fingerprint density at radius 3 is 1.27 bits per heavy atom. The lowest BCUT2D eigenvalue weighted by Gasteiger charge is -2.14. The highest BCUT2D eigenvalue weighted by atomic mass is 32.3. The molecule has 0 radical (unpaired) electrons. The third kappa shape index (κ3) is 0.997. The third-order valence-corrected chi connectivity index (χ3v) is 8.38. The average Bonchev–Trinajstić information content (AvgIpc) is 1.93. The molecule has 1 rings (SSSR count). The topological polar surface area (TPSA) is 68.3 Å². The van der Waals surface area contributed by atoms with Gasteiger partial charge in [-0.2, -0.15) is 0 Å². The molecule has 66 valence electrons. The number of hydrogen-bond acceptors (Lipinski definition) is 4. The van der Waals surface area contributed by atoms with E-state index in [2.05, 4.69) is 0 Å². The van der Waals surface area contributed by atoms with Crippen LogP contribution < -0.4 is 0 Å². The quantitative estimate of drug-likeness (QED) is 0.529. The molecule has 1 heterocycles. The highest BCUT2D eigenvalue weighted by molar-refractivity contribution is 8.13. The van der Waals surface area contributed by atoms with Crippen molar-refractivity contribution in [3.63, 3.8) is 0 Å². The smallest absolute Gasteiger partial charge is 0.170 e. The van der Waals surface area contributed by atoms with Crippen LogP contribution in [0, 0.1) is 0 Å². The van der Waals surface area contributed by atoms with E-state index in [9.17, 15) is 16.8 Å². The van der Waals surface area contributed by atoms with Gasteiger partial charge < -0.3 is 0 Å². The maximum Gasteiger partial charge on any atom is 0.170 e. The minimum Gasteiger partial charge on any atom is -0.227 e. The molecule has 4 nitrogen and oxygen atoms in total. The number of rotatable bonds is 0. The lowest BCUT2D eigenvalue weighted by molar-refractivity contribution is 0.568. The van der Waals surface area contributed by atoms with E-state index >= 15 is 0 Å². The summed E-state index contributed by atoms with van der Waals surface area (Å²) in [7, 11) is -6.84. The van der Waals surface area contributed by atoms with Crippen LogP contribution in [0.25, 0.3) is 0 Å². The molecule has 1 saturated heterocycles. The molecule has 0 amide bonds. The van der Waals surface area contributed by atoms with Crippen molar-refractivity contribution in [2.45, 2.75) is 17.9 Å². The van der Waals surface area contributed by atoms with Crippen molar-refractivity contribution in [2.24, 2.45) is 0 Å². The Hall–Kier alpha value is -0.100. The second kappa shape index (κ2) is 1.98. The summed E-state index contributed by atoms with van der Waals surface area (Å²) in [5, 5.41) is 0. The standard InChI is InChI=1S/C5H10O4S2/c1-5(2)10(6,7)3-4-11(5,8)9/h3-4H2,1-2H3. The molecule has 1 aliphatic heterocycles. The van der Waals surface area contributed by atoms with E-state index in [4.69, 9.17) is 0 Å². The number of hydrogen-bond donors (Lipinski definition) is 0. The van der Waals surface area contributed by atoms with Gasteiger partial charge in [-0.25, -0.2) is 16.8 Å². The van der Waals surface area contributed by atoms with E-state index in [1.807, 2.05) is 0 Å². The first kappa shape index (κ1) is 8.99. The molecule has 0 spiro atoms. The zero-order chi connectivity index (χ0) is 8.91. The Kier molecular flexibility index (Phi) is 1.62. The summed E-state index contributed by atoms with van der Waals surface area (Å²) in [5.74, 6) is -0.468. The second-order valence-corrected chi connectivity index (χ2v) is 8.61. The first-order valence-corrected chi connectivity index (χ1v) is 6.46. The monoisotopic (exact) mass is 198 g/mol. The third-order valence-electron chi connectivity index (χ3n) is 2.12. The zero-order valence-electron chi connectivity index (χ0n) is 6.36. The maximum absolute atomic E-state index is 11.1. The van der Waals surface area contributed by atoms with E-state index in [0.29, 0.717) is 0 Å². The van der Waals surface area contributed by atoms with Gasteiger partial charge in [0.1, 0.15) is 0 Å². The summed E-state index contributed by atoms with van der Waals surface area (Å²) in [6.45, 7) is 2.48. The van der Waals surface area contributed by atoms with E-state index in [0.717, 1.165) is 0 Å². The van der Waals surface area contributed by atoms with Crippen LogP contribution in [-0.4, -0.2) is 32.4 Å². The van der Waals surface area contributed by atoms with E-state index < -0.39 is 23.8 Å². The predicted molar refractivity (Wildman–Crippen MR) is 41.7 cm³/mol. The van der Waals surface area contributed by atoms with Crippen molar-refractivity contribution in [1.82, 2.24) is 0 Å². The summed E-state index contributed by atoms with van der Waals surface area (Å²) in [5.41, 5.74) is 0. The van der Waals surface area contributed by atoms with E-state index in [1.54, 1.807) is 0 Å². The van der Waals surface area contributed by atoms with E-state index in [1.165, 1.54) is 13.8 Å². The Morgan fingerprint density at radius 2 is 1.18 bits per heavy atom. The van der Waals surface area contributed by atoms with Gasteiger partial charge in [-0.05, 0) is 13.8 Å². The van der Waals surface area contributed by atoms with Crippen LogP contribution in [0.3, 0.4) is 0 Å². The normalized spacial score (nSPS) is 31.8. The molecule has 0 aliphatic carbocycles. The minimum atomic E-state index is -3.42. The molecule has 0 bridgehead atoms. The summed E-state index contributed by atoms with van der Waals surface area (Å²) >= 11 is 0. The van der Waals surface area contributed by atoms with Crippen molar-refractivity contribution in [2.75, 3.05) is 11.5 Å². The Labute approximate surface area is 66.4 Å². The van der Waals surface area contributed by atoms with Crippen molar-refractivity contribution >= 4 is 19.7 Å². The van der Waals surface area contributed by atoms with Gasteiger partial charge in [0, 0.05) is 0 Å². The largest absolute Gasteiger partial charge is 0.227 e. The fourth-order valence-electron chi connectivity index (χ4n) is 0.904. The number of sulfone groups is 2. The molecule has 1 fully saturated rings. The van der Waals surface area contributed by atoms with Crippen LogP contribution in [-0.2, 0) is 19.7 Å². The highest BCUT2D eigenvalue weighted by Crippen LogP contribution is 2.31. The van der Waals surface area contributed by atoms with Crippen molar-refractivity contribution in [1.29, 1.82) is 0 Å². The Morgan fingerprint density at radius 1 is 0.909 bits per heavy atom. The van der Waals surface area contributed by atoms with Crippen LogP contribution >= 0.6 is 0 Å². The molecule has 0 aromatic rings. The SMILES string of the molecule is CC1(C)S(=O)(=O)CCS1(=O)=O. The summed E-state index contributed by atoms with van der Waals surface area (Å²) in [6.07, 6.45) is 0. The first-order chi connectivity index (χ1) is 4.71. The zero-order valence-corrected chi connectivity index (χ0v) is 8.00. The summed E-state index contributed by atoms with van der Waals surface area (Å²) in [4.78, 5) is 0.